The van der Waals surface area contributed by atoms with Gasteiger partial charge in [-0.1, -0.05) is 6.07 Å². The van der Waals surface area contributed by atoms with Gasteiger partial charge in [-0.3, -0.25) is 0 Å². The summed E-state index contributed by atoms with van der Waals surface area (Å²) in [6.07, 6.45) is 0.763. The first-order valence-electron chi connectivity index (χ1n) is 5.85. The van der Waals surface area contributed by atoms with E-state index in [9.17, 15) is 0 Å². The predicted molar refractivity (Wildman–Crippen MR) is 82.2 cm³/mol. The van der Waals surface area contributed by atoms with E-state index in [1.165, 1.54) is 0 Å². The molecule has 0 amide bonds. The zero-order valence-corrected chi connectivity index (χ0v) is 13.3. The molecule has 0 aliphatic heterocycles. The van der Waals surface area contributed by atoms with Crippen molar-refractivity contribution in [3.05, 3.63) is 44.6 Å². The van der Waals surface area contributed by atoms with Crippen molar-refractivity contribution in [2.75, 3.05) is 14.2 Å². The van der Waals surface area contributed by atoms with E-state index in [2.05, 4.69) is 15.9 Å². The van der Waals surface area contributed by atoms with Crippen LogP contribution < -0.4 is 15.2 Å². The van der Waals surface area contributed by atoms with Gasteiger partial charge in [0.05, 0.1) is 14.2 Å². The molecule has 2 N–H and O–H groups in total. The lowest BCUT2D eigenvalue weighted by Crippen LogP contribution is -2.12. The predicted octanol–water partition coefficient (Wildman–Crippen LogP) is 3.77. The Bertz CT molecular complexity index is 556. The van der Waals surface area contributed by atoms with Gasteiger partial charge in [0.25, 0.3) is 0 Å². The standard InChI is InChI=1S/C14H16BrNO2S/c1-17-12-4-3-9(8-13(12)18-2)7-11(16)14-10(15)5-6-19-14/h3-6,8,11H,7,16H2,1-2H3. The van der Waals surface area contributed by atoms with Crippen LogP contribution in [0.5, 0.6) is 11.5 Å². The molecule has 1 unspecified atom stereocenters. The molecule has 5 heteroatoms. The van der Waals surface area contributed by atoms with Crippen molar-refractivity contribution >= 4 is 27.3 Å². The number of hydrogen-bond donors (Lipinski definition) is 1. The number of nitrogens with two attached hydrogens (primary N) is 1. The quantitative estimate of drug-likeness (QED) is 0.900. The lowest BCUT2D eigenvalue weighted by atomic mass is 10.0. The van der Waals surface area contributed by atoms with Gasteiger partial charge in [-0.15, -0.1) is 11.3 Å². The van der Waals surface area contributed by atoms with Crippen molar-refractivity contribution in [2.24, 2.45) is 5.73 Å². The molecule has 2 aromatic rings. The van der Waals surface area contributed by atoms with E-state index in [-0.39, 0.29) is 6.04 Å². The minimum atomic E-state index is -0.0209. The highest BCUT2D eigenvalue weighted by Gasteiger charge is 2.13. The van der Waals surface area contributed by atoms with Gasteiger partial charge in [-0.2, -0.15) is 0 Å². The van der Waals surface area contributed by atoms with E-state index in [1.54, 1.807) is 25.6 Å². The van der Waals surface area contributed by atoms with E-state index in [0.29, 0.717) is 0 Å². The Labute approximate surface area is 125 Å². The molecule has 19 heavy (non-hydrogen) atoms. The second kappa shape index (κ2) is 6.41. The third-order valence-corrected chi connectivity index (χ3v) is 4.89. The summed E-state index contributed by atoms with van der Waals surface area (Å²) in [6, 6.07) is 7.90. The van der Waals surface area contributed by atoms with Gasteiger partial charge in [-0.25, -0.2) is 0 Å². The Morgan fingerprint density at radius 1 is 1.21 bits per heavy atom. The van der Waals surface area contributed by atoms with Crippen LogP contribution in [0, 0.1) is 0 Å². The highest BCUT2D eigenvalue weighted by Crippen LogP contribution is 2.32. The highest BCUT2D eigenvalue weighted by molar-refractivity contribution is 9.10. The summed E-state index contributed by atoms with van der Waals surface area (Å²) in [5.41, 5.74) is 7.37. The number of benzene rings is 1. The molecule has 0 saturated heterocycles. The Morgan fingerprint density at radius 2 is 1.95 bits per heavy atom. The number of hydrogen-bond acceptors (Lipinski definition) is 4. The summed E-state index contributed by atoms with van der Waals surface area (Å²) in [5, 5.41) is 2.04. The number of halogens is 1. The molecule has 0 aliphatic rings. The molecule has 0 spiro atoms. The Kier molecular flexibility index (Phi) is 4.85. The number of rotatable bonds is 5. The minimum Gasteiger partial charge on any atom is -0.493 e. The fourth-order valence-electron chi connectivity index (χ4n) is 1.92. The zero-order chi connectivity index (χ0) is 13.8. The molecule has 0 aliphatic carbocycles. The third kappa shape index (κ3) is 3.29. The molecule has 1 heterocycles. The smallest absolute Gasteiger partial charge is 0.160 e. The summed E-state index contributed by atoms with van der Waals surface area (Å²) in [6.45, 7) is 0. The number of thiophene rings is 1. The van der Waals surface area contributed by atoms with Gasteiger partial charge < -0.3 is 15.2 Å². The maximum absolute atomic E-state index is 6.24. The number of methoxy groups -OCH3 is 2. The Balaban J connectivity index is 2.17. The van der Waals surface area contributed by atoms with E-state index in [0.717, 1.165) is 32.8 Å². The molecule has 0 fully saturated rings. The van der Waals surface area contributed by atoms with Crippen molar-refractivity contribution < 1.29 is 9.47 Å². The van der Waals surface area contributed by atoms with Crippen molar-refractivity contribution in [1.82, 2.24) is 0 Å². The molecule has 2 rings (SSSR count). The van der Waals surface area contributed by atoms with Gasteiger partial charge >= 0.3 is 0 Å². The third-order valence-electron chi connectivity index (χ3n) is 2.89. The molecular weight excluding hydrogens is 326 g/mol. The van der Waals surface area contributed by atoms with Gasteiger partial charge in [0, 0.05) is 15.4 Å². The zero-order valence-electron chi connectivity index (χ0n) is 10.9. The molecule has 3 nitrogen and oxygen atoms in total. The van der Waals surface area contributed by atoms with E-state index < -0.39 is 0 Å². The van der Waals surface area contributed by atoms with Crippen LogP contribution in [-0.2, 0) is 6.42 Å². The summed E-state index contributed by atoms with van der Waals surface area (Å²) < 4.78 is 11.6. The molecule has 0 saturated carbocycles. The summed E-state index contributed by atoms with van der Waals surface area (Å²) in [5.74, 6) is 1.47. The molecule has 102 valence electrons. The largest absolute Gasteiger partial charge is 0.493 e. The molecule has 1 atom stereocenters. The number of ether oxygens (including phenoxy) is 2. The fourth-order valence-corrected chi connectivity index (χ4v) is 3.60. The summed E-state index contributed by atoms with van der Waals surface area (Å²) in [7, 11) is 3.27. The van der Waals surface area contributed by atoms with Gasteiger partial charge in [0.1, 0.15) is 0 Å². The minimum absolute atomic E-state index is 0.0209. The van der Waals surface area contributed by atoms with Crippen LogP contribution in [0.2, 0.25) is 0 Å². The van der Waals surface area contributed by atoms with Gasteiger partial charge in [0.2, 0.25) is 0 Å². The second-order valence-corrected chi connectivity index (χ2v) is 5.93. The Hall–Kier alpha value is -1.04. The fraction of sp³-hybridized carbons (Fsp3) is 0.286. The van der Waals surface area contributed by atoms with Crippen LogP contribution in [0.3, 0.4) is 0 Å². The molecule has 1 aromatic heterocycles. The maximum atomic E-state index is 6.24. The maximum Gasteiger partial charge on any atom is 0.160 e. The molecule has 1 aromatic carbocycles. The van der Waals surface area contributed by atoms with Crippen LogP contribution in [0.4, 0.5) is 0 Å². The van der Waals surface area contributed by atoms with Crippen molar-refractivity contribution in [1.29, 1.82) is 0 Å². The van der Waals surface area contributed by atoms with Crippen molar-refractivity contribution in [3.8, 4) is 11.5 Å². The lowest BCUT2D eigenvalue weighted by molar-refractivity contribution is 0.354. The van der Waals surface area contributed by atoms with Gasteiger partial charge in [-0.05, 0) is 51.5 Å². The monoisotopic (exact) mass is 341 g/mol. The molecular formula is C14H16BrNO2S. The van der Waals surface area contributed by atoms with Gasteiger partial charge in [0.15, 0.2) is 11.5 Å². The van der Waals surface area contributed by atoms with Crippen LogP contribution in [0.15, 0.2) is 34.1 Å². The molecule has 0 radical (unpaired) electrons. The lowest BCUT2D eigenvalue weighted by Gasteiger charge is -2.13. The van der Waals surface area contributed by atoms with E-state index in [1.807, 2.05) is 29.6 Å². The van der Waals surface area contributed by atoms with Crippen molar-refractivity contribution in [3.63, 3.8) is 0 Å². The summed E-state index contributed by atoms with van der Waals surface area (Å²) in [4.78, 5) is 1.16. The topological polar surface area (TPSA) is 44.5 Å². The SMILES string of the molecule is COc1ccc(CC(N)c2sccc2Br)cc1OC. The first-order valence-corrected chi connectivity index (χ1v) is 7.52. The van der Waals surface area contributed by atoms with Crippen LogP contribution >= 0.6 is 27.3 Å². The van der Waals surface area contributed by atoms with Crippen molar-refractivity contribution in [2.45, 2.75) is 12.5 Å². The van der Waals surface area contributed by atoms with E-state index >= 15 is 0 Å². The van der Waals surface area contributed by atoms with Crippen LogP contribution in [0.1, 0.15) is 16.5 Å². The average Bonchev–Trinajstić information content (AvgIpc) is 2.85. The second-order valence-electron chi connectivity index (χ2n) is 4.13. The summed E-state index contributed by atoms with van der Waals surface area (Å²) >= 11 is 5.18. The van der Waals surface area contributed by atoms with E-state index in [4.69, 9.17) is 15.2 Å². The van der Waals surface area contributed by atoms with Crippen LogP contribution in [0.25, 0.3) is 0 Å². The molecule has 0 bridgehead atoms. The normalized spacial score (nSPS) is 12.2. The Morgan fingerprint density at radius 3 is 2.53 bits per heavy atom. The average molecular weight is 342 g/mol. The first-order chi connectivity index (χ1) is 9.15. The highest BCUT2D eigenvalue weighted by atomic mass is 79.9. The van der Waals surface area contributed by atoms with Crippen LogP contribution in [-0.4, -0.2) is 14.2 Å². The first kappa shape index (κ1) is 14.4.